The van der Waals surface area contributed by atoms with Crippen LogP contribution in [0.3, 0.4) is 0 Å². The maximum absolute atomic E-state index is 14.5. The van der Waals surface area contributed by atoms with Gasteiger partial charge in [0, 0.05) is 24.9 Å². The molecule has 0 bridgehead atoms. The van der Waals surface area contributed by atoms with Crippen LogP contribution in [-0.4, -0.2) is 51.9 Å². The number of carboxylic acids is 1. The van der Waals surface area contributed by atoms with E-state index in [2.05, 4.69) is 10.3 Å². The first-order valence-corrected chi connectivity index (χ1v) is 12.3. The maximum atomic E-state index is 14.5. The van der Waals surface area contributed by atoms with Crippen molar-refractivity contribution in [3.63, 3.8) is 0 Å². The number of hydrogen-bond donors (Lipinski definition) is 4. The summed E-state index contributed by atoms with van der Waals surface area (Å²) in [6, 6.07) is 7.41. The number of fused-ring (bicyclic) bond motifs is 2. The number of unbranched alkanes of at least 4 members (excludes halogenated alkanes) is 5. The molecule has 2 aliphatic rings. The van der Waals surface area contributed by atoms with Gasteiger partial charge in [0.2, 0.25) is 18.1 Å². The van der Waals surface area contributed by atoms with Gasteiger partial charge in [0.05, 0.1) is 11.7 Å². The number of aromatic amines is 1. The fraction of sp³-hybridized carbons (Fsp3) is 0.520. The van der Waals surface area contributed by atoms with E-state index >= 15 is 0 Å². The molecule has 1 fully saturated rings. The minimum absolute atomic E-state index is 0.0490. The van der Waals surface area contributed by atoms with Crippen LogP contribution in [0.25, 0.3) is 10.9 Å². The summed E-state index contributed by atoms with van der Waals surface area (Å²) in [4.78, 5) is 27.3. The number of para-hydroxylation sites is 1. The monoisotopic (exact) mass is 508 g/mol. The van der Waals surface area contributed by atoms with Crippen LogP contribution in [0.5, 0.6) is 0 Å². The first-order chi connectivity index (χ1) is 17.2. The highest BCUT2D eigenvalue weighted by atomic mass is 19.3. The Morgan fingerprint density at radius 1 is 1.19 bits per heavy atom. The third-order valence-electron chi connectivity index (χ3n) is 6.74. The van der Waals surface area contributed by atoms with Crippen molar-refractivity contribution in [3.8, 4) is 0 Å². The fourth-order valence-electron chi connectivity index (χ4n) is 4.70. The summed E-state index contributed by atoms with van der Waals surface area (Å²) < 4.78 is 48.5. The Morgan fingerprint density at radius 3 is 2.61 bits per heavy atom. The van der Waals surface area contributed by atoms with E-state index in [4.69, 9.17) is 10.5 Å². The van der Waals surface area contributed by atoms with Gasteiger partial charge in [-0.05, 0) is 30.4 Å². The topological polar surface area (TPSA) is 121 Å². The minimum atomic E-state index is -2.92. The number of nitrogens with one attached hydrogen (secondary N) is 2. The van der Waals surface area contributed by atoms with Gasteiger partial charge < -0.3 is 25.9 Å². The Kier molecular flexibility index (Phi) is 7.77. The zero-order valence-corrected chi connectivity index (χ0v) is 19.8. The Balaban J connectivity index is 1.13. The molecule has 11 heteroatoms. The van der Waals surface area contributed by atoms with Gasteiger partial charge in [-0.25, -0.2) is 9.18 Å². The van der Waals surface area contributed by atoms with Crippen LogP contribution in [0.4, 0.5) is 13.2 Å². The number of rotatable bonds is 13. The smallest absolute Gasteiger partial charge is 0.358 e. The van der Waals surface area contributed by atoms with Crippen molar-refractivity contribution in [1.82, 2.24) is 15.2 Å². The quantitative estimate of drug-likeness (QED) is 0.239. The van der Waals surface area contributed by atoms with Gasteiger partial charge in [0.25, 0.3) is 5.92 Å². The molecule has 3 heterocycles. The van der Waals surface area contributed by atoms with E-state index in [1.807, 2.05) is 6.07 Å². The second kappa shape index (κ2) is 10.8. The molecule has 196 valence electrons. The molecule has 1 saturated heterocycles. The molecule has 1 aromatic heterocycles. The molecule has 1 unspecified atom stereocenters. The number of carboxylic acid groups (broad SMARTS) is 1. The Morgan fingerprint density at radius 2 is 1.89 bits per heavy atom. The number of hydrogen-bond acceptors (Lipinski definition) is 5. The van der Waals surface area contributed by atoms with E-state index in [0.717, 1.165) is 23.1 Å². The van der Waals surface area contributed by atoms with Crippen LogP contribution >= 0.6 is 0 Å². The van der Waals surface area contributed by atoms with E-state index in [1.54, 1.807) is 18.2 Å². The molecule has 8 nitrogen and oxygen atoms in total. The molecular formula is C25H31F3N4O4. The van der Waals surface area contributed by atoms with Crippen LogP contribution in [-0.2, 0) is 20.2 Å². The van der Waals surface area contributed by atoms with Crippen molar-refractivity contribution in [2.24, 2.45) is 5.73 Å². The van der Waals surface area contributed by atoms with Gasteiger partial charge in [0.15, 0.2) is 5.70 Å². The van der Waals surface area contributed by atoms with E-state index in [1.165, 1.54) is 6.07 Å². The second-order valence-corrected chi connectivity index (χ2v) is 9.33. The maximum Gasteiger partial charge on any atom is 0.358 e. The molecule has 5 N–H and O–H groups in total. The first kappa shape index (κ1) is 25.9. The summed E-state index contributed by atoms with van der Waals surface area (Å²) in [5.41, 5.74) is 5.87. The van der Waals surface area contributed by atoms with Gasteiger partial charge in [-0.3, -0.25) is 9.69 Å². The zero-order valence-electron chi connectivity index (χ0n) is 19.8. The summed E-state index contributed by atoms with van der Waals surface area (Å²) in [6.07, 6.45) is 1.83. The number of aromatic nitrogens is 1. The number of alkyl halides is 3. The molecule has 0 aliphatic carbocycles. The number of carbonyl (C=O) groups excluding carboxylic acids is 1. The molecule has 0 saturated carbocycles. The molecule has 3 atom stereocenters. The molecule has 4 rings (SSSR count). The van der Waals surface area contributed by atoms with E-state index < -0.39 is 41.9 Å². The lowest BCUT2D eigenvalue weighted by atomic mass is 9.93. The summed E-state index contributed by atoms with van der Waals surface area (Å²) in [5.74, 6) is -5.12. The lowest BCUT2D eigenvalue weighted by Gasteiger charge is -2.48. The van der Waals surface area contributed by atoms with Crippen LogP contribution in [0, 0.1) is 0 Å². The standard InChI is InChI=1S/C25H31F3N4O4/c26-19(36-22-21(24(34)35)32-17(14-30-22)20(29)23(32)33)11-5-3-1-2-4-8-12-25(27,28)18-13-15-9-6-7-10-16(15)31-18/h6-7,9-10,13,17,19-20,30-31H,1-5,8,11-12,14,29H2,(H,34,35)/t17-,19?,20+/m1/s1. The summed E-state index contributed by atoms with van der Waals surface area (Å²) >= 11 is 0. The van der Waals surface area contributed by atoms with Gasteiger partial charge in [-0.2, -0.15) is 8.78 Å². The number of ether oxygens (including phenoxy) is 1. The van der Waals surface area contributed by atoms with E-state index in [-0.39, 0.29) is 31.0 Å². The van der Waals surface area contributed by atoms with Crippen molar-refractivity contribution >= 4 is 22.8 Å². The highest BCUT2D eigenvalue weighted by molar-refractivity contribution is 5.99. The fourth-order valence-corrected chi connectivity index (χ4v) is 4.70. The average molecular weight is 509 g/mol. The van der Waals surface area contributed by atoms with Crippen molar-refractivity contribution < 1.29 is 32.6 Å². The van der Waals surface area contributed by atoms with Gasteiger partial charge in [0.1, 0.15) is 6.04 Å². The predicted molar refractivity (Wildman–Crippen MR) is 126 cm³/mol. The summed E-state index contributed by atoms with van der Waals surface area (Å²) in [7, 11) is 0. The van der Waals surface area contributed by atoms with Crippen molar-refractivity contribution in [1.29, 1.82) is 0 Å². The van der Waals surface area contributed by atoms with Crippen LogP contribution in [0.1, 0.15) is 57.1 Å². The molecule has 0 radical (unpaired) electrons. The van der Waals surface area contributed by atoms with Gasteiger partial charge in [-0.15, -0.1) is 0 Å². The van der Waals surface area contributed by atoms with Gasteiger partial charge in [-0.1, -0.05) is 43.9 Å². The van der Waals surface area contributed by atoms with Crippen molar-refractivity contribution in [2.45, 2.75) is 75.7 Å². The van der Waals surface area contributed by atoms with Crippen molar-refractivity contribution in [3.05, 3.63) is 47.6 Å². The van der Waals surface area contributed by atoms with E-state index in [0.29, 0.717) is 31.2 Å². The van der Waals surface area contributed by atoms with Crippen LogP contribution < -0.4 is 11.1 Å². The third kappa shape index (κ3) is 5.45. The van der Waals surface area contributed by atoms with Crippen LogP contribution in [0.15, 0.2) is 41.9 Å². The molecular weight excluding hydrogens is 477 g/mol. The van der Waals surface area contributed by atoms with Crippen LogP contribution in [0.2, 0.25) is 0 Å². The lowest BCUT2D eigenvalue weighted by Crippen LogP contribution is -2.73. The number of halogens is 3. The van der Waals surface area contributed by atoms with Gasteiger partial charge >= 0.3 is 5.97 Å². The molecule has 1 aromatic carbocycles. The Hall–Kier alpha value is -3.21. The molecule has 1 amide bonds. The molecule has 2 aliphatic heterocycles. The molecule has 2 aromatic rings. The number of nitrogens with zero attached hydrogens (tertiary/aromatic N) is 1. The number of H-pyrrole nitrogens is 1. The number of aliphatic carboxylic acids is 1. The minimum Gasteiger partial charge on any atom is -0.476 e. The first-order valence-electron chi connectivity index (χ1n) is 12.3. The number of nitrogens with two attached hydrogens (primary N) is 1. The number of β-lactam (4-membered cyclic amide) rings is 1. The lowest BCUT2D eigenvalue weighted by molar-refractivity contribution is -0.154. The van der Waals surface area contributed by atoms with Crippen molar-refractivity contribution in [2.75, 3.05) is 6.54 Å². The normalized spacial score (nSPS) is 20.7. The largest absolute Gasteiger partial charge is 0.476 e. The highest BCUT2D eigenvalue weighted by Crippen LogP contribution is 2.35. The average Bonchev–Trinajstić information content (AvgIpc) is 3.30. The number of carbonyl (C=O) groups is 2. The SMILES string of the molecule is N[C@@H]1C(=O)N2C(C(=O)O)=C(OC(F)CCCCCCCCC(F)(F)c3cc4ccccc4[nH]3)NC[C@H]12. The highest BCUT2D eigenvalue weighted by Gasteiger charge is 2.52. The Labute approximate surface area is 206 Å². The zero-order chi connectivity index (χ0) is 25.9. The summed E-state index contributed by atoms with van der Waals surface area (Å²) in [5, 5.41) is 12.9. The molecule has 36 heavy (non-hydrogen) atoms. The summed E-state index contributed by atoms with van der Waals surface area (Å²) in [6.45, 7) is 0.186. The second-order valence-electron chi connectivity index (χ2n) is 9.33. The Bertz CT molecular complexity index is 1100. The predicted octanol–water partition coefficient (Wildman–Crippen LogP) is 4.09. The number of benzene rings is 1. The number of amides is 1. The third-order valence-corrected chi connectivity index (χ3v) is 6.74. The van der Waals surface area contributed by atoms with E-state index in [9.17, 15) is 27.9 Å². The molecule has 0 spiro atoms.